The summed E-state index contributed by atoms with van der Waals surface area (Å²) in [5, 5.41) is 5.14. The number of benzene rings is 1. The number of rotatable bonds is 4. The fraction of sp³-hybridized carbons (Fsp3) is 0.400. The Labute approximate surface area is 195 Å². The van der Waals surface area contributed by atoms with Gasteiger partial charge in [-0.3, -0.25) is 9.59 Å². The third-order valence-corrected chi connectivity index (χ3v) is 9.06. The Morgan fingerprint density at radius 1 is 1.16 bits per heavy atom. The Morgan fingerprint density at radius 3 is 2.59 bits per heavy atom. The van der Waals surface area contributed by atoms with Gasteiger partial charge in [0.1, 0.15) is 11.5 Å². The van der Waals surface area contributed by atoms with Crippen LogP contribution in [0.4, 0.5) is 4.39 Å². The first-order valence-electron chi connectivity index (χ1n) is 11.0. The molecule has 0 amide bonds. The molecular formula is C25H25FN2O2S2. The number of nitrogens with zero attached hydrogens (tertiary/aromatic N) is 2. The van der Waals surface area contributed by atoms with Gasteiger partial charge < -0.3 is 0 Å². The van der Waals surface area contributed by atoms with Crippen LogP contribution in [0.15, 0.2) is 40.7 Å². The van der Waals surface area contributed by atoms with Gasteiger partial charge in [0.15, 0.2) is 5.78 Å². The van der Waals surface area contributed by atoms with Crippen molar-refractivity contribution in [3.05, 3.63) is 59.0 Å². The number of thiophene rings is 1. The van der Waals surface area contributed by atoms with Crippen molar-refractivity contribution in [2.75, 3.05) is 0 Å². The number of carbonyl (C=O) groups excluding carboxylic acids is 2. The lowest BCUT2D eigenvalue weighted by Gasteiger charge is -2.29. The van der Waals surface area contributed by atoms with Crippen LogP contribution in [0.1, 0.15) is 72.2 Å². The second-order valence-corrected chi connectivity index (χ2v) is 12.1. The summed E-state index contributed by atoms with van der Waals surface area (Å²) >= 11 is 3.51. The van der Waals surface area contributed by atoms with Gasteiger partial charge in [-0.15, -0.1) is 23.1 Å². The number of halogens is 1. The van der Waals surface area contributed by atoms with Crippen molar-refractivity contribution in [1.82, 2.24) is 9.78 Å². The largest absolute Gasteiger partial charge is 0.294 e. The Kier molecular flexibility index (Phi) is 5.58. The number of hydrogen-bond acceptors (Lipinski definition) is 5. The fourth-order valence-electron chi connectivity index (χ4n) is 4.69. The maximum atomic E-state index is 13.2. The molecule has 0 atom stereocenters. The molecule has 1 fully saturated rings. The third-order valence-electron chi connectivity index (χ3n) is 6.24. The number of hydrogen-bond donors (Lipinski definition) is 0. The molecule has 0 saturated heterocycles. The number of ketones is 1. The number of fused-ring (bicyclic) bond motifs is 1. The van der Waals surface area contributed by atoms with Crippen molar-refractivity contribution in [1.29, 1.82) is 0 Å². The molecule has 32 heavy (non-hydrogen) atoms. The maximum absolute atomic E-state index is 13.2. The molecule has 0 spiro atoms. The number of Topliss-reactive ketones (excluding diaryl/α,β-unsaturated/α-hetero) is 1. The van der Waals surface area contributed by atoms with E-state index in [1.165, 1.54) is 54.6 Å². The van der Waals surface area contributed by atoms with E-state index in [2.05, 4.69) is 18.9 Å². The summed E-state index contributed by atoms with van der Waals surface area (Å²) in [6, 6.07) is 7.30. The second kappa shape index (κ2) is 8.27. The van der Waals surface area contributed by atoms with Crippen LogP contribution in [-0.4, -0.2) is 26.7 Å². The molecule has 0 unspecified atom stereocenters. The van der Waals surface area contributed by atoms with E-state index in [1.807, 2.05) is 17.8 Å². The standard InChI is InChI=1S/C25H25FN2O2S2/c1-25(2)13-18-21(20(29)14-25)24(31-17-5-3-4-6-17)32-22(18)19-11-12-28(27-19)23(30)15-7-9-16(26)10-8-15/h7-12,17H,3-6,13-14H2,1-2H3. The van der Waals surface area contributed by atoms with E-state index < -0.39 is 0 Å². The van der Waals surface area contributed by atoms with Crippen molar-refractivity contribution in [2.45, 2.75) is 61.8 Å². The first-order chi connectivity index (χ1) is 15.3. The average Bonchev–Trinajstić information content (AvgIpc) is 3.48. The molecule has 2 aromatic heterocycles. The Morgan fingerprint density at radius 2 is 1.88 bits per heavy atom. The highest BCUT2D eigenvalue weighted by Crippen LogP contribution is 2.50. The molecule has 0 N–H and O–H groups in total. The van der Waals surface area contributed by atoms with Crippen LogP contribution in [0.25, 0.3) is 10.6 Å². The summed E-state index contributed by atoms with van der Waals surface area (Å²) in [4.78, 5) is 26.9. The lowest BCUT2D eigenvalue weighted by Crippen LogP contribution is -2.26. The molecule has 0 aliphatic heterocycles. The lowest BCUT2D eigenvalue weighted by atomic mass is 9.74. The summed E-state index contributed by atoms with van der Waals surface area (Å²) in [7, 11) is 0. The van der Waals surface area contributed by atoms with Crippen LogP contribution in [0.3, 0.4) is 0 Å². The Hall–Kier alpha value is -2.25. The zero-order valence-corrected chi connectivity index (χ0v) is 19.8. The predicted octanol–water partition coefficient (Wildman–Crippen LogP) is 6.63. The van der Waals surface area contributed by atoms with Crippen LogP contribution in [0.5, 0.6) is 0 Å². The lowest BCUT2D eigenvalue weighted by molar-refractivity contribution is 0.0908. The van der Waals surface area contributed by atoms with Gasteiger partial charge in [-0.25, -0.2) is 9.07 Å². The minimum Gasteiger partial charge on any atom is -0.294 e. The van der Waals surface area contributed by atoms with E-state index in [4.69, 9.17) is 0 Å². The molecule has 166 valence electrons. The van der Waals surface area contributed by atoms with Crippen molar-refractivity contribution in [3.63, 3.8) is 0 Å². The molecule has 4 nitrogen and oxygen atoms in total. The number of aromatic nitrogens is 2. The highest BCUT2D eigenvalue weighted by Gasteiger charge is 2.37. The molecule has 2 aliphatic rings. The zero-order valence-electron chi connectivity index (χ0n) is 18.2. The summed E-state index contributed by atoms with van der Waals surface area (Å²) in [5.74, 6) is -0.466. The normalized spacial score (nSPS) is 18.2. The van der Waals surface area contributed by atoms with Crippen molar-refractivity contribution in [3.8, 4) is 10.6 Å². The van der Waals surface area contributed by atoms with Gasteiger partial charge in [-0.2, -0.15) is 5.10 Å². The molecule has 2 heterocycles. The van der Waals surface area contributed by atoms with Gasteiger partial charge in [-0.05, 0) is 60.6 Å². The highest BCUT2D eigenvalue weighted by molar-refractivity contribution is 8.01. The summed E-state index contributed by atoms with van der Waals surface area (Å²) in [6.07, 6.45) is 7.95. The molecule has 7 heteroatoms. The van der Waals surface area contributed by atoms with Crippen molar-refractivity contribution >= 4 is 34.8 Å². The second-order valence-electron chi connectivity index (χ2n) is 9.50. The molecule has 2 aliphatic carbocycles. The minimum absolute atomic E-state index is 0.0955. The van der Waals surface area contributed by atoms with Crippen LogP contribution >= 0.6 is 23.1 Å². The van der Waals surface area contributed by atoms with Gasteiger partial charge in [0, 0.05) is 29.0 Å². The van der Waals surface area contributed by atoms with Gasteiger partial charge in [0.05, 0.1) is 9.09 Å². The minimum atomic E-state index is -0.382. The highest BCUT2D eigenvalue weighted by atomic mass is 32.2. The van der Waals surface area contributed by atoms with Crippen LogP contribution < -0.4 is 0 Å². The summed E-state index contributed by atoms with van der Waals surface area (Å²) in [5.41, 5.74) is 2.97. The molecular weight excluding hydrogens is 443 g/mol. The smallest absolute Gasteiger partial charge is 0.278 e. The third kappa shape index (κ3) is 4.08. The van der Waals surface area contributed by atoms with Crippen molar-refractivity contribution in [2.24, 2.45) is 5.41 Å². The summed E-state index contributed by atoms with van der Waals surface area (Å²) < 4.78 is 15.6. The maximum Gasteiger partial charge on any atom is 0.278 e. The van der Waals surface area contributed by atoms with Gasteiger partial charge in [0.25, 0.3) is 5.91 Å². The quantitative estimate of drug-likeness (QED) is 0.431. The number of thioether (sulfide) groups is 1. The summed E-state index contributed by atoms with van der Waals surface area (Å²) in [6.45, 7) is 4.27. The molecule has 3 aromatic rings. The molecule has 5 rings (SSSR count). The zero-order chi connectivity index (χ0) is 22.5. The topological polar surface area (TPSA) is 52.0 Å². The molecule has 1 aromatic carbocycles. The van der Waals surface area contributed by atoms with E-state index >= 15 is 0 Å². The van der Waals surface area contributed by atoms with E-state index in [0.717, 1.165) is 26.6 Å². The fourth-order valence-corrected chi connectivity index (χ4v) is 7.80. The SMILES string of the molecule is CC1(C)CC(=O)c2c(SC3CCCC3)sc(-c3ccn(C(=O)c4ccc(F)cc4)n3)c2C1. The average molecular weight is 469 g/mol. The Bertz CT molecular complexity index is 1190. The molecule has 0 radical (unpaired) electrons. The molecule has 0 bridgehead atoms. The van der Waals surface area contributed by atoms with Crippen LogP contribution in [-0.2, 0) is 6.42 Å². The van der Waals surface area contributed by atoms with E-state index in [1.54, 1.807) is 17.5 Å². The first kappa shape index (κ1) is 21.6. The van der Waals surface area contributed by atoms with Crippen LogP contribution in [0, 0.1) is 11.2 Å². The first-order valence-corrected chi connectivity index (χ1v) is 12.7. The Balaban J connectivity index is 1.52. The molecule has 1 saturated carbocycles. The van der Waals surface area contributed by atoms with Gasteiger partial charge >= 0.3 is 0 Å². The predicted molar refractivity (Wildman–Crippen MR) is 126 cm³/mol. The van der Waals surface area contributed by atoms with E-state index in [-0.39, 0.29) is 22.9 Å². The monoisotopic (exact) mass is 468 g/mol. The van der Waals surface area contributed by atoms with Crippen molar-refractivity contribution < 1.29 is 14.0 Å². The van der Waals surface area contributed by atoms with E-state index in [9.17, 15) is 14.0 Å². The van der Waals surface area contributed by atoms with Gasteiger partial charge in [-0.1, -0.05) is 26.7 Å². The van der Waals surface area contributed by atoms with Gasteiger partial charge in [0.2, 0.25) is 0 Å². The van der Waals surface area contributed by atoms with Crippen LogP contribution in [0.2, 0.25) is 0 Å². The number of carbonyl (C=O) groups is 2. The van der Waals surface area contributed by atoms with E-state index in [0.29, 0.717) is 22.9 Å².